The molecule has 9 rings (SSSR count). The standard InChI is InChI=1S/C24H25FN4O5.C20H17FN2O5/c25-17-3-1-15(2-4-17)13-16-14-27-19-20-22(16)34-12-9-29(20)24(32)18(21(19)30)23(31)26-5-6-28-7-10-33-11-8-28;1-2-27-20(26)14-17(24)15-16-18(28-8-7-23(16)19(14)25)12(10-22-15)9-11-3-5-13(21)6-4-11/h1-4,14,30H,5-13H2,(H,26,31);3-6,10,24H,2,7-9H2,1H3. The SMILES string of the molecule is CCOC(=O)c1c(O)c2ncc(Cc3ccc(F)cc3)c3c2n(c1=O)CCO3.O=C(NCCN1CCOCC1)c1c(O)c2ncc(Cc3ccc(F)cc3)c3c2n(c1=O)CCO3. The fourth-order valence-electron chi connectivity index (χ4n) is 7.76. The van der Waals surface area contributed by atoms with E-state index < -0.39 is 40.1 Å². The van der Waals surface area contributed by atoms with Gasteiger partial charge in [-0.25, -0.2) is 13.6 Å². The summed E-state index contributed by atoms with van der Waals surface area (Å²) in [5.74, 6) is -2.30. The molecular formula is C44H42F2N6O10. The fourth-order valence-corrected chi connectivity index (χ4v) is 7.76. The minimum atomic E-state index is -0.888. The van der Waals surface area contributed by atoms with Crippen LogP contribution in [0.25, 0.3) is 22.1 Å². The molecule has 1 amide bonds. The molecule has 3 aliphatic heterocycles. The first-order chi connectivity index (χ1) is 30.0. The lowest BCUT2D eigenvalue weighted by molar-refractivity contribution is 0.0383. The van der Waals surface area contributed by atoms with Gasteiger partial charge in [-0.15, -0.1) is 0 Å². The van der Waals surface area contributed by atoms with E-state index >= 15 is 0 Å². The van der Waals surface area contributed by atoms with E-state index in [-0.39, 0.29) is 61.1 Å². The highest BCUT2D eigenvalue weighted by molar-refractivity contribution is 6.02. The Balaban J connectivity index is 0.000000174. The zero-order valence-corrected chi connectivity index (χ0v) is 33.6. The first-order valence-electron chi connectivity index (χ1n) is 20.1. The van der Waals surface area contributed by atoms with E-state index in [2.05, 4.69) is 20.2 Å². The van der Waals surface area contributed by atoms with E-state index in [4.69, 9.17) is 18.9 Å². The van der Waals surface area contributed by atoms with Crippen molar-refractivity contribution in [1.29, 1.82) is 0 Å². The minimum absolute atomic E-state index is 0.0775. The molecule has 1 fully saturated rings. The number of rotatable bonds is 10. The van der Waals surface area contributed by atoms with Gasteiger partial charge < -0.3 is 34.5 Å². The number of nitrogens with one attached hydrogen (secondary N) is 1. The van der Waals surface area contributed by atoms with Crippen LogP contribution in [0.15, 0.2) is 70.5 Å². The lowest BCUT2D eigenvalue weighted by atomic mass is 10.0. The van der Waals surface area contributed by atoms with Gasteiger partial charge in [-0.3, -0.25) is 38.4 Å². The van der Waals surface area contributed by atoms with Crippen LogP contribution in [0.2, 0.25) is 0 Å². The highest BCUT2D eigenvalue weighted by Crippen LogP contribution is 2.38. The lowest BCUT2D eigenvalue weighted by Crippen LogP contribution is -2.42. The monoisotopic (exact) mass is 852 g/mol. The number of aromatic nitrogens is 4. The van der Waals surface area contributed by atoms with E-state index in [1.165, 1.54) is 39.6 Å². The zero-order valence-electron chi connectivity index (χ0n) is 33.6. The van der Waals surface area contributed by atoms with Crippen molar-refractivity contribution >= 4 is 33.9 Å². The van der Waals surface area contributed by atoms with Gasteiger partial charge in [0, 0.05) is 62.5 Å². The van der Waals surface area contributed by atoms with Crippen LogP contribution in [-0.2, 0) is 35.4 Å². The Morgan fingerprint density at radius 1 is 0.726 bits per heavy atom. The van der Waals surface area contributed by atoms with Crippen molar-refractivity contribution < 1.29 is 47.5 Å². The molecule has 7 heterocycles. The van der Waals surface area contributed by atoms with Gasteiger partial charge in [-0.05, 0) is 42.3 Å². The van der Waals surface area contributed by atoms with Gasteiger partial charge in [-0.1, -0.05) is 24.3 Å². The second-order valence-electron chi connectivity index (χ2n) is 14.7. The third kappa shape index (κ3) is 8.25. The molecule has 2 aromatic carbocycles. The van der Waals surface area contributed by atoms with Crippen molar-refractivity contribution in [3.05, 3.63) is 127 Å². The van der Waals surface area contributed by atoms with Gasteiger partial charge in [0.25, 0.3) is 17.0 Å². The summed E-state index contributed by atoms with van der Waals surface area (Å²) in [4.78, 5) is 61.9. The molecule has 4 aromatic heterocycles. The minimum Gasteiger partial charge on any atom is -0.505 e. The van der Waals surface area contributed by atoms with Crippen molar-refractivity contribution in [2.75, 3.05) is 59.2 Å². The third-order valence-corrected chi connectivity index (χ3v) is 10.8. The highest BCUT2D eigenvalue weighted by atomic mass is 19.1. The summed E-state index contributed by atoms with van der Waals surface area (Å²) in [6.45, 7) is 6.47. The molecule has 0 atom stereocenters. The van der Waals surface area contributed by atoms with Gasteiger partial charge in [-0.2, -0.15) is 0 Å². The number of hydrogen-bond donors (Lipinski definition) is 3. The van der Waals surface area contributed by atoms with Crippen LogP contribution in [0, 0.1) is 11.6 Å². The van der Waals surface area contributed by atoms with Gasteiger partial charge >= 0.3 is 5.97 Å². The van der Waals surface area contributed by atoms with Gasteiger partial charge in [0.1, 0.15) is 52.5 Å². The average molecular weight is 853 g/mol. The van der Waals surface area contributed by atoms with Gasteiger partial charge in [0.2, 0.25) is 0 Å². The number of esters is 1. The number of nitrogens with zero attached hydrogens (tertiary/aromatic N) is 5. The summed E-state index contributed by atoms with van der Waals surface area (Å²) in [7, 11) is 0. The molecule has 18 heteroatoms. The summed E-state index contributed by atoms with van der Waals surface area (Å²) < 4.78 is 51.1. The molecule has 6 aromatic rings. The predicted molar refractivity (Wildman–Crippen MR) is 220 cm³/mol. The van der Waals surface area contributed by atoms with Crippen LogP contribution in [-0.4, -0.2) is 105 Å². The van der Waals surface area contributed by atoms with Crippen molar-refractivity contribution in [1.82, 2.24) is 29.3 Å². The van der Waals surface area contributed by atoms with E-state index in [1.807, 2.05) is 0 Å². The summed E-state index contributed by atoms with van der Waals surface area (Å²) >= 11 is 0. The van der Waals surface area contributed by atoms with E-state index in [0.29, 0.717) is 72.8 Å². The fraction of sp³-hybridized carbons (Fsp3) is 0.318. The molecule has 3 aliphatic rings. The summed E-state index contributed by atoms with van der Waals surface area (Å²) in [5, 5.41) is 24.1. The number of carbonyl (C=O) groups is 2. The summed E-state index contributed by atoms with van der Waals surface area (Å²) in [5.41, 5.74) is 2.03. The largest absolute Gasteiger partial charge is 0.505 e. The molecule has 0 aliphatic carbocycles. The van der Waals surface area contributed by atoms with E-state index in [0.717, 1.165) is 24.2 Å². The number of aromatic hydroxyl groups is 2. The maximum absolute atomic E-state index is 13.3. The predicted octanol–water partition coefficient (Wildman–Crippen LogP) is 3.69. The summed E-state index contributed by atoms with van der Waals surface area (Å²) in [6, 6.07) is 12.1. The van der Waals surface area contributed by atoms with Crippen molar-refractivity contribution in [3.8, 4) is 23.0 Å². The Kier molecular flexibility index (Phi) is 12.1. The van der Waals surface area contributed by atoms with Crippen molar-refractivity contribution in [2.24, 2.45) is 0 Å². The zero-order chi connectivity index (χ0) is 43.5. The Hall–Kier alpha value is -6.92. The molecule has 3 N–H and O–H groups in total. The second-order valence-corrected chi connectivity index (χ2v) is 14.7. The Bertz CT molecular complexity index is 2810. The van der Waals surface area contributed by atoms with Crippen molar-refractivity contribution in [2.45, 2.75) is 32.9 Å². The molecule has 322 valence electrons. The average Bonchev–Trinajstić information content (AvgIpc) is 3.27. The molecule has 16 nitrogen and oxygen atoms in total. The number of morpholine rings is 1. The number of halogens is 2. The topological polar surface area (TPSA) is 197 Å². The van der Waals surface area contributed by atoms with Gasteiger partial charge in [0.05, 0.1) is 32.9 Å². The molecule has 0 radical (unpaired) electrons. The number of hydrogen-bond acceptors (Lipinski definition) is 13. The molecule has 0 saturated carbocycles. The first-order valence-corrected chi connectivity index (χ1v) is 20.1. The number of amides is 1. The van der Waals surface area contributed by atoms with Crippen LogP contribution in [0.4, 0.5) is 8.78 Å². The Labute approximate surface area is 351 Å². The van der Waals surface area contributed by atoms with Crippen LogP contribution >= 0.6 is 0 Å². The number of ether oxygens (including phenoxy) is 4. The highest BCUT2D eigenvalue weighted by Gasteiger charge is 2.30. The molecular weight excluding hydrogens is 811 g/mol. The maximum atomic E-state index is 13.3. The first kappa shape index (κ1) is 41.8. The van der Waals surface area contributed by atoms with E-state index in [9.17, 15) is 38.2 Å². The van der Waals surface area contributed by atoms with Crippen molar-refractivity contribution in [3.63, 3.8) is 0 Å². The van der Waals surface area contributed by atoms with Gasteiger partial charge in [0.15, 0.2) is 28.6 Å². The smallest absolute Gasteiger partial charge is 0.347 e. The second kappa shape index (κ2) is 18.0. The van der Waals surface area contributed by atoms with Crippen LogP contribution in [0.5, 0.6) is 23.0 Å². The maximum Gasteiger partial charge on any atom is 0.347 e. The molecule has 1 saturated heterocycles. The Morgan fingerprint density at radius 2 is 1.21 bits per heavy atom. The quantitative estimate of drug-likeness (QED) is 0.169. The van der Waals surface area contributed by atoms with Crippen LogP contribution in [0.1, 0.15) is 49.9 Å². The Morgan fingerprint density at radius 3 is 1.71 bits per heavy atom. The van der Waals surface area contributed by atoms with E-state index in [1.54, 1.807) is 37.4 Å². The normalized spacial score (nSPS) is 14.4. The van der Waals surface area contributed by atoms with Crippen LogP contribution in [0.3, 0.4) is 0 Å². The number of pyridine rings is 4. The summed E-state index contributed by atoms with van der Waals surface area (Å²) in [6.07, 6.45) is 3.90. The number of carbonyl (C=O) groups excluding carboxylic acids is 2. The molecule has 0 spiro atoms. The lowest BCUT2D eigenvalue weighted by Gasteiger charge is -2.26. The molecule has 62 heavy (non-hydrogen) atoms. The molecule has 0 unspecified atom stereocenters. The number of benzene rings is 2. The molecule has 0 bridgehead atoms. The van der Waals surface area contributed by atoms with Crippen LogP contribution < -0.4 is 25.9 Å². The third-order valence-electron chi connectivity index (χ3n) is 10.8.